The van der Waals surface area contributed by atoms with Crippen molar-refractivity contribution in [3.63, 3.8) is 0 Å². The molecule has 2 nitrogen and oxygen atoms in total. The van der Waals surface area contributed by atoms with E-state index in [1.54, 1.807) is 6.08 Å². The Balaban J connectivity index is 1.88. The third-order valence-corrected chi connectivity index (χ3v) is 5.62. The van der Waals surface area contributed by atoms with Crippen molar-refractivity contribution in [2.45, 2.75) is 26.2 Å². The topological polar surface area (TPSA) is 29.1 Å². The molecule has 1 N–H and O–H groups in total. The van der Waals surface area contributed by atoms with E-state index in [1.165, 1.54) is 12.0 Å². The molecule has 0 spiro atoms. The van der Waals surface area contributed by atoms with Gasteiger partial charge in [-0.05, 0) is 87.2 Å². The van der Waals surface area contributed by atoms with Crippen LogP contribution < -0.4 is 5.32 Å². The number of carbonyl (C=O) groups excluding carboxylic acids is 1. The molecule has 1 fully saturated rings. The lowest BCUT2D eigenvalue weighted by molar-refractivity contribution is -0.116. The molecule has 1 saturated carbocycles. The van der Waals surface area contributed by atoms with Crippen LogP contribution in [0.3, 0.4) is 0 Å². The number of allylic oxidation sites excluding steroid dienone is 3. The predicted molar refractivity (Wildman–Crippen MR) is 103 cm³/mol. The number of benzene rings is 1. The summed E-state index contributed by atoms with van der Waals surface area (Å²) >= 11 is 7.05. The van der Waals surface area contributed by atoms with Gasteiger partial charge in [0, 0.05) is 21.6 Å². The number of amides is 1. The maximum atomic E-state index is 11.7. The minimum absolute atomic E-state index is 0.0701. The Labute approximate surface area is 155 Å². The maximum Gasteiger partial charge on any atom is 0.244 e. The summed E-state index contributed by atoms with van der Waals surface area (Å²) in [6, 6.07) is 6.42. The van der Waals surface area contributed by atoms with Gasteiger partial charge < -0.3 is 5.32 Å². The molecule has 0 heterocycles. The molecule has 122 valence electrons. The fourth-order valence-electron chi connectivity index (χ4n) is 2.37. The largest absolute Gasteiger partial charge is 0.349 e. The highest BCUT2D eigenvalue weighted by atomic mass is 79.9. The van der Waals surface area contributed by atoms with Crippen molar-refractivity contribution in [2.24, 2.45) is 5.92 Å². The first-order chi connectivity index (χ1) is 10.9. The second-order valence-corrected chi connectivity index (χ2v) is 7.81. The standard InChI is InChI=1S/C19H21Br2NO/c1-12(2)11-22-19(23)8-13(3)4-5-14-9-16(14)15-6-7-17(20)18(21)10-15/h4-8,10,14,16H,1,9,11H2,2-3H3,(H,22,23). The van der Waals surface area contributed by atoms with Crippen molar-refractivity contribution >= 4 is 37.8 Å². The molecular weight excluding hydrogens is 418 g/mol. The molecule has 0 aromatic heterocycles. The number of hydrogen-bond donors (Lipinski definition) is 1. The zero-order valence-electron chi connectivity index (χ0n) is 13.4. The molecule has 1 aromatic rings. The van der Waals surface area contributed by atoms with Gasteiger partial charge in [-0.2, -0.15) is 0 Å². The summed E-state index contributed by atoms with van der Waals surface area (Å²) in [4.78, 5) is 11.7. The van der Waals surface area contributed by atoms with Gasteiger partial charge in [-0.3, -0.25) is 4.79 Å². The van der Waals surface area contributed by atoms with Gasteiger partial charge in [0.2, 0.25) is 5.91 Å². The van der Waals surface area contributed by atoms with Crippen LogP contribution in [0.25, 0.3) is 0 Å². The maximum absolute atomic E-state index is 11.7. The summed E-state index contributed by atoms with van der Waals surface area (Å²) in [7, 11) is 0. The Morgan fingerprint density at radius 1 is 1.35 bits per heavy atom. The number of hydrogen-bond acceptors (Lipinski definition) is 1. The normalized spacial score (nSPS) is 20.6. The molecule has 1 aromatic carbocycles. The molecule has 23 heavy (non-hydrogen) atoms. The van der Waals surface area contributed by atoms with Gasteiger partial charge in [0.15, 0.2) is 0 Å². The molecule has 1 amide bonds. The molecule has 0 bridgehead atoms. The Hall–Kier alpha value is -1.13. The van der Waals surface area contributed by atoms with E-state index in [2.05, 4.69) is 68.0 Å². The second kappa shape index (κ2) is 8.11. The fourth-order valence-corrected chi connectivity index (χ4v) is 3.02. The smallest absolute Gasteiger partial charge is 0.244 e. The third kappa shape index (κ3) is 5.78. The summed E-state index contributed by atoms with van der Waals surface area (Å²) in [5.41, 5.74) is 3.27. The van der Waals surface area contributed by atoms with Gasteiger partial charge in [0.25, 0.3) is 0 Å². The van der Waals surface area contributed by atoms with E-state index in [1.807, 2.05) is 19.9 Å². The summed E-state index contributed by atoms with van der Waals surface area (Å²) in [5.74, 6) is 1.07. The fraction of sp³-hybridized carbons (Fsp3) is 0.316. The highest BCUT2D eigenvalue weighted by Gasteiger charge is 2.36. The molecule has 2 atom stereocenters. The summed E-state index contributed by atoms with van der Waals surface area (Å²) in [6.07, 6.45) is 7.05. The Morgan fingerprint density at radius 2 is 2.09 bits per heavy atom. The van der Waals surface area contributed by atoms with E-state index in [9.17, 15) is 4.79 Å². The monoisotopic (exact) mass is 437 g/mol. The van der Waals surface area contributed by atoms with Crippen LogP contribution in [0.15, 0.2) is 63.1 Å². The number of rotatable bonds is 6. The van der Waals surface area contributed by atoms with Crippen molar-refractivity contribution in [1.29, 1.82) is 0 Å². The van der Waals surface area contributed by atoms with Crippen LogP contribution in [0.4, 0.5) is 0 Å². The van der Waals surface area contributed by atoms with E-state index in [0.29, 0.717) is 18.4 Å². The lowest BCUT2D eigenvalue weighted by Crippen LogP contribution is -2.22. The van der Waals surface area contributed by atoms with Crippen LogP contribution in [-0.4, -0.2) is 12.5 Å². The van der Waals surface area contributed by atoms with Crippen LogP contribution in [0.2, 0.25) is 0 Å². The zero-order chi connectivity index (χ0) is 17.0. The number of carbonyl (C=O) groups is 1. The summed E-state index contributed by atoms with van der Waals surface area (Å²) < 4.78 is 2.17. The lowest BCUT2D eigenvalue weighted by atomic mass is 10.1. The van der Waals surface area contributed by atoms with Crippen molar-refractivity contribution < 1.29 is 4.79 Å². The summed E-state index contributed by atoms with van der Waals surface area (Å²) in [6.45, 7) is 8.13. The Kier molecular flexibility index (Phi) is 6.42. The van der Waals surface area contributed by atoms with Gasteiger partial charge in [-0.15, -0.1) is 0 Å². The van der Waals surface area contributed by atoms with Crippen LogP contribution >= 0.6 is 31.9 Å². The highest BCUT2D eigenvalue weighted by Crippen LogP contribution is 2.49. The van der Waals surface area contributed by atoms with Gasteiger partial charge in [0.1, 0.15) is 0 Å². The van der Waals surface area contributed by atoms with Gasteiger partial charge in [-0.25, -0.2) is 0 Å². The molecule has 0 radical (unpaired) electrons. The first-order valence-electron chi connectivity index (χ1n) is 7.60. The molecule has 1 aliphatic rings. The SMILES string of the molecule is C=C(C)CNC(=O)C=C(C)C=CC1CC1c1ccc(Br)c(Br)c1. The minimum Gasteiger partial charge on any atom is -0.349 e. The molecule has 2 rings (SSSR count). The third-order valence-electron chi connectivity index (χ3n) is 3.74. The lowest BCUT2D eigenvalue weighted by Gasteiger charge is -2.02. The zero-order valence-corrected chi connectivity index (χ0v) is 16.6. The van der Waals surface area contributed by atoms with E-state index in [4.69, 9.17) is 0 Å². The molecule has 2 unspecified atom stereocenters. The quantitative estimate of drug-likeness (QED) is 0.354. The highest BCUT2D eigenvalue weighted by molar-refractivity contribution is 9.13. The Morgan fingerprint density at radius 3 is 2.74 bits per heavy atom. The molecule has 1 aliphatic carbocycles. The van der Waals surface area contributed by atoms with E-state index >= 15 is 0 Å². The molecule has 0 aliphatic heterocycles. The van der Waals surface area contributed by atoms with Crippen molar-refractivity contribution in [1.82, 2.24) is 5.32 Å². The first-order valence-corrected chi connectivity index (χ1v) is 9.19. The predicted octanol–water partition coefficient (Wildman–Crippen LogP) is 5.51. The van der Waals surface area contributed by atoms with E-state index in [0.717, 1.165) is 20.1 Å². The minimum atomic E-state index is -0.0701. The second-order valence-electron chi connectivity index (χ2n) is 6.10. The van der Waals surface area contributed by atoms with Gasteiger partial charge in [-0.1, -0.05) is 30.4 Å². The average molecular weight is 439 g/mol. The van der Waals surface area contributed by atoms with Crippen LogP contribution in [0.1, 0.15) is 31.7 Å². The molecular formula is C19H21Br2NO. The van der Waals surface area contributed by atoms with Crippen LogP contribution in [0.5, 0.6) is 0 Å². The van der Waals surface area contributed by atoms with Crippen molar-refractivity contribution in [3.8, 4) is 0 Å². The molecule has 0 saturated heterocycles. The van der Waals surface area contributed by atoms with Crippen LogP contribution in [-0.2, 0) is 4.79 Å². The van der Waals surface area contributed by atoms with E-state index in [-0.39, 0.29) is 5.91 Å². The van der Waals surface area contributed by atoms with Crippen LogP contribution in [0, 0.1) is 5.92 Å². The number of nitrogens with one attached hydrogen (secondary N) is 1. The first kappa shape index (κ1) is 18.2. The number of halogens is 2. The van der Waals surface area contributed by atoms with Crippen molar-refractivity contribution in [2.75, 3.05) is 6.54 Å². The molecule has 4 heteroatoms. The average Bonchev–Trinajstić information content (AvgIpc) is 3.25. The van der Waals surface area contributed by atoms with Gasteiger partial charge >= 0.3 is 0 Å². The van der Waals surface area contributed by atoms with Crippen molar-refractivity contribution in [3.05, 3.63) is 68.7 Å². The summed E-state index contributed by atoms with van der Waals surface area (Å²) in [5, 5.41) is 2.80. The van der Waals surface area contributed by atoms with Gasteiger partial charge in [0.05, 0.1) is 0 Å². The Bertz CT molecular complexity index is 676. The van der Waals surface area contributed by atoms with E-state index < -0.39 is 0 Å².